The van der Waals surface area contributed by atoms with E-state index in [4.69, 9.17) is 30.4 Å². The summed E-state index contributed by atoms with van der Waals surface area (Å²) in [6.45, 7) is 17.1. The number of amides is 8. The van der Waals surface area contributed by atoms with Gasteiger partial charge in [0.15, 0.2) is 0 Å². The minimum absolute atomic E-state index is 0.0831. The van der Waals surface area contributed by atoms with E-state index in [1.807, 2.05) is 125 Å². The van der Waals surface area contributed by atoms with Gasteiger partial charge >= 0.3 is 24.1 Å². The van der Waals surface area contributed by atoms with Gasteiger partial charge in [0.2, 0.25) is 47.0 Å². The molecule has 0 aromatic heterocycles. The molecule has 6 atom stereocenters. The van der Waals surface area contributed by atoms with Crippen LogP contribution in [0.3, 0.4) is 0 Å². The molecule has 0 bridgehead atoms. The Bertz CT molecular complexity index is 4170. The second-order valence-corrected chi connectivity index (χ2v) is 30.5. The normalized spacial score (nSPS) is 14.4. The number of carbonyl (C=O) groups excluding carboxylic acids is 12. The van der Waals surface area contributed by atoms with Crippen LogP contribution in [0.15, 0.2) is 121 Å². The Morgan fingerprint density at radius 3 is 1.04 bits per heavy atom. The summed E-state index contributed by atoms with van der Waals surface area (Å²) in [5.74, 6) is -11.7. The fraction of sp³-hybridized carbons (Fsp3) is 0.415. The van der Waals surface area contributed by atoms with E-state index in [0.717, 1.165) is 66.4 Å². The maximum atomic E-state index is 15.2. The van der Waals surface area contributed by atoms with Crippen molar-refractivity contribution in [3.8, 4) is 33.8 Å². The number of esters is 2. The van der Waals surface area contributed by atoms with Gasteiger partial charge in [-0.25, -0.2) is 9.59 Å². The molecule has 6 aromatic carbocycles. The molecular weight excluding hydrogens is 1410 g/mol. The molecule has 3 aliphatic rings. The number of benzene rings is 6. The first-order chi connectivity index (χ1) is 51.9. The number of nitrogens with zero attached hydrogens (tertiary/aromatic N) is 2. The summed E-state index contributed by atoms with van der Waals surface area (Å²) in [7, 11) is 0. The van der Waals surface area contributed by atoms with E-state index < -0.39 is 192 Å². The average molecular weight is 1510 g/mol. The second kappa shape index (κ2) is 35.0. The Hall–Kier alpha value is -11.8. The van der Waals surface area contributed by atoms with Gasteiger partial charge in [-0.1, -0.05) is 125 Å². The van der Waals surface area contributed by atoms with Gasteiger partial charge in [-0.2, -0.15) is 0 Å². The van der Waals surface area contributed by atoms with Crippen molar-refractivity contribution in [2.45, 2.75) is 168 Å². The first-order valence-electron chi connectivity index (χ1n) is 36.7. The van der Waals surface area contributed by atoms with Crippen molar-refractivity contribution in [1.82, 2.24) is 31.1 Å². The van der Waals surface area contributed by atoms with E-state index in [1.54, 1.807) is 41.5 Å². The highest BCUT2D eigenvalue weighted by Gasteiger charge is 2.43. The number of anilines is 2. The largest absolute Gasteiger partial charge is 0.507 e. The number of hydrogen-bond donors (Lipinski definition) is 10. The maximum Gasteiger partial charge on any atom is 0.410 e. The van der Waals surface area contributed by atoms with E-state index >= 15 is 19.2 Å². The van der Waals surface area contributed by atoms with Crippen molar-refractivity contribution in [3.63, 3.8) is 0 Å². The topological polar surface area (TPSA) is 413 Å². The lowest BCUT2D eigenvalue weighted by molar-refractivity contribution is -0.158. The van der Waals surface area contributed by atoms with E-state index in [2.05, 4.69) is 31.9 Å². The molecule has 6 aromatic rings. The van der Waals surface area contributed by atoms with Crippen LogP contribution in [0.4, 0.5) is 21.0 Å². The van der Waals surface area contributed by atoms with E-state index in [9.17, 15) is 48.6 Å². The zero-order chi connectivity index (χ0) is 80.4. The summed E-state index contributed by atoms with van der Waals surface area (Å²) in [6, 6.07) is 26.4. The van der Waals surface area contributed by atoms with Crippen molar-refractivity contribution < 1.29 is 86.7 Å². The number of hydrogen-bond acceptors (Lipinski definition) is 20. The van der Waals surface area contributed by atoms with Crippen LogP contribution in [0.25, 0.3) is 22.3 Å². The number of aromatic hydroxyl groups is 2. The molecule has 0 saturated carbocycles. The Balaban J connectivity index is 1.07. The zero-order valence-corrected chi connectivity index (χ0v) is 63.9. The lowest BCUT2D eigenvalue weighted by atomic mass is 9.81. The molecule has 12 N–H and O–H groups in total. The first-order valence-corrected chi connectivity index (χ1v) is 36.7. The van der Waals surface area contributed by atoms with E-state index in [0.29, 0.717) is 0 Å². The number of carbonyl (C=O) groups is 12. The number of rotatable bonds is 32. The summed E-state index contributed by atoms with van der Waals surface area (Å²) in [4.78, 5) is 173. The Morgan fingerprint density at radius 1 is 0.436 bits per heavy atom. The standard InChI is InChI=1S/C82H98N10O18/c1-43(2)37-59(73(83)99)89-75(101)45(5)87-77(103)61(39-65(95)109-81(7,8)9)91(79(105)107-41-55-51-25-17-13-21-47(51)48-22-14-18-26-52(48)55)35-33-85-57-29-30-58(68-67(57)71(97)69-63(93)31-32-64(94)70(69)72(68)98)86-34-36-92(80(106)108-42-56-53-27-19-15-23-49(53)50-24-16-20-28-54(50)56)62(40-66(96)110-82(10,11)12)78(104)88-46(6)76(102)90-60(74(84)100)38-44(3)4/h13-32,43-46,55-56,59-62,85-86,93-94H,33-42H2,1-12H3,(H2,83,99)(H2,84,100)(H,87,103)(H,88,104)(H,89,101)(H,90,102)/t45-,46-,59-,60-,61-,62-/m0/s1. The smallest absolute Gasteiger partial charge is 0.410 e. The first kappa shape index (κ1) is 82.2. The van der Waals surface area contributed by atoms with Gasteiger partial charge in [0.05, 0.1) is 35.1 Å². The molecule has 584 valence electrons. The molecule has 0 spiro atoms. The number of nitrogens with one attached hydrogen (secondary N) is 6. The molecule has 0 fully saturated rings. The van der Waals surface area contributed by atoms with Crippen LogP contribution in [0.2, 0.25) is 0 Å². The third-order valence-electron chi connectivity index (χ3n) is 18.9. The molecule has 0 radical (unpaired) electrons. The monoisotopic (exact) mass is 1510 g/mol. The number of nitrogens with two attached hydrogens (primary N) is 2. The van der Waals surface area contributed by atoms with Gasteiger partial charge < -0.3 is 72.5 Å². The highest BCUT2D eigenvalue weighted by Crippen LogP contribution is 2.47. The van der Waals surface area contributed by atoms with Crippen LogP contribution in [0.1, 0.15) is 175 Å². The minimum Gasteiger partial charge on any atom is -0.507 e. The lowest BCUT2D eigenvalue weighted by Gasteiger charge is -2.32. The van der Waals surface area contributed by atoms with Crippen molar-refractivity contribution in [2.75, 3.05) is 50.0 Å². The molecule has 3 aliphatic carbocycles. The number of primary amides is 2. The van der Waals surface area contributed by atoms with Gasteiger partial charge in [0, 0.05) is 49.4 Å². The number of ether oxygens (including phenoxy) is 4. The fourth-order valence-electron chi connectivity index (χ4n) is 13.9. The Kier molecular flexibility index (Phi) is 26.2. The molecule has 0 aliphatic heterocycles. The summed E-state index contributed by atoms with van der Waals surface area (Å²) in [5, 5.41) is 39.2. The summed E-state index contributed by atoms with van der Waals surface area (Å²) in [6.07, 6.45) is -3.50. The molecule has 8 amide bonds. The molecule has 0 heterocycles. The van der Waals surface area contributed by atoms with Crippen LogP contribution < -0.4 is 43.4 Å². The van der Waals surface area contributed by atoms with Gasteiger partial charge in [0.1, 0.15) is 72.2 Å². The summed E-state index contributed by atoms with van der Waals surface area (Å²) < 4.78 is 23.8. The number of ketones is 2. The SMILES string of the molecule is CC(C)C[C@H](NC(=O)[C@H](C)NC(=O)[C@H](CC(=O)OC(C)(C)C)N(CCNc1ccc(NCCN(C(=O)OCC2c3ccccc3-c3ccccc32)[C@@H](CC(=O)OC(C)(C)C)C(=O)N[C@@H](C)C(=O)N[C@@H](CC(C)C)C(N)=O)c2c1C(=O)c1c(O)ccc(O)c1C2=O)C(=O)OCC1c2ccccc2-c2ccccc21)C(N)=O. The van der Waals surface area contributed by atoms with Crippen LogP contribution in [0.5, 0.6) is 11.5 Å². The Labute approximate surface area is 638 Å². The van der Waals surface area contributed by atoms with Crippen molar-refractivity contribution in [2.24, 2.45) is 23.3 Å². The number of phenolic OH excluding ortho intramolecular Hbond substituents is 2. The lowest BCUT2D eigenvalue weighted by Crippen LogP contribution is -2.57. The molecule has 0 unspecified atom stereocenters. The molecule has 9 rings (SSSR count). The summed E-state index contributed by atoms with van der Waals surface area (Å²) in [5.41, 5.74) is 14.0. The van der Waals surface area contributed by atoms with Crippen LogP contribution in [-0.4, -0.2) is 178 Å². The van der Waals surface area contributed by atoms with Gasteiger partial charge in [-0.05, 0) is 149 Å². The predicted octanol–water partition coefficient (Wildman–Crippen LogP) is 8.44. The van der Waals surface area contributed by atoms with Crippen molar-refractivity contribution in [3.05, 3.63) is 166 Å². The van der Waals surface area contributed by atoms with E-state index in [1.165, 1.54) is 26.0 Å². The molecule has 28 heteroatoms. The van der Waals surface area contributed by atoms with Crippen molar-refractivity contribution in [1.29, 1.82) is 0 Å². The van der Waals surface area contributed by atoms with Crippen molar-refractivity contribution >= 4 is 82.5 Å². The minimum atomic E-state index is -1.81. The second-order valence-electron chi connectivity index (χ2n) is 30.5. The van der Waals surface area contributed by atoms with Crippen LogP contribution in [-0.2, 0) is 57.3 Å². The van der Waals surface area contributed by atoms with Gasteiger partial charge in [0.25, 0.3) is 0 Å². The van der Waals surface area contributed by atoms with Gasteiger partial charge in [-0.15, -0.1) is 0 Å². The molecule has 28 nitrogen and oxygen atoms in total. The number of fused-ring (bicyclic) bond motifs is 8. The number of phenols is 2. The predicted molar refractivity (Wildman–Crippen MR) is 408 cm³/mol. The highest BCUT2D eigenvalue weighted by molar-refractivity contribution is 6.33. The molecular formula is C82H98N10O18. The third kappa shape index (κ3) is 19.7. The third-order valence-corrected chi connectivity index (χ3v) is 18.9. The molecule has 110 heavy (non-hydrogen) atoms. The molecule has 0 saturated heterocycles. The average Bonchev–Trinajstić information content (AvgIpc) is 1.00. The Morgan fingerprint density at radius 2 is 0.745 bits per heavy atom. The fourth-order valence-corrected chi connectivity index (χ4v) is 13.9. The quantitative estimate of drug-likeness (QED) is 0.0107. The maximum absolute atomic E-state index is 15.2. The van der Waals surface area contributed by atoms with Crippen LogP contribution in [0, 0.1) is 11.8 Å². The zero-order valence-electron chi connectivity index (χ0n) is 63.9. The summed E-state index contributed by atoms with van der Waals surface area (Å²) >= 11 is 0. The highest BCUT2D eigenvalue weighted by atomic mass is 16.6. The van der Waals surface area contributed by atoms with Crippen LogP contribution >= 0.6 is 0 Å². The van der Waals surface area contributed by atoms with E-state index in [-0.39, 0.29) is 60.4 Å². The van der Waals surface area contributed by atoms with Gasteiger partial charge in [-0.3, -0.25) is 57.7 Å².